The van der Waals surface area contributed by atoms with Gasteiger partial charge in [0.1, 0.15) is 0 Å². The van der Waals surface area contributed by atoms with Crippen LogP contribution in [0.4, 0.5) is 26.3 Å². The van der Waals surface area contributed by atoms with Crippen LogP contribution in [0.1, 0.15) is 78.1 Å². The van der Waals surface area contributed by atoms with Crippen molar-refractivity contribution in [3.63, 3.8) is 0 Å². The highest BCUT2D eigenvalue weighted by molar-refractivity contribution is 5.38. The Hall–Kier alpha value is -1.32. The molecule has 0 spiro atoms. The number of alkyl halides is 6. The lowest BCUT2D eigenvalue weighted by Crippen LogP contribution is -2.56. The van der Waals surface area contributed by atoms with Gasteiger partial charge in [0.2, 0.25) is 0 Å². The predicted octanol–water partition coefficient (Wildman–Crippen LogP) is 6.79. The highest BCUT2D eigenvalue weighted by Crippen LogP contribution is 2.60. The molecule has 0 radical (unpaired) electrons. The van der Waals surface area contributed by atoms with Crippen LogP contribution in [0.5, 0.6) is 0 Å². The summed E-state index contributed by atoms with van der Waals surface area (Å²) in [5, 5.41) is 29.5. The van der Waals surface area contributed by atoms with Crippen LogP contribution in [0.25, 0.3) is 0 Å². The molecule has 3 rings (SSSR count). The van der Waals surface area contributed by atoms with Gasteiger partial charge in [-0.15, -0.1) is 0 Å². The Morgan fingerprint density at radius 3 is 2.33 bits per heavy atom. The molecule has 0 amide bonds. The smallest absolute Gasteiger partial charge is 0.393 e. The van der Waals surface area contributed by atoms with Crippen molar-refractivity contribution in [1.82, 2.24) is 0 Å². The second kappa shape index (κ2) is 10.4. The number of hydrogen-bond donors (Lipinski definition) is 3. The normalized spacial score (nSPS) is 35.4. The topological polar surface area (TPSA) is 60.7 Å². The quantitative estimate of drug-likeness (QED) is 0.336. The summed E-state index contributed by atoms with van der Waals surface area (Å²) in [6.45, 7) is 8.03. The number of halogens is 6. The number of hydrogen-bond acceptors (Lipinski definition) is 3. The third-order valence-electron chi connectivity index (χ3n) is 9.12. The van der Waals surface area contributed by atoms with Crippen LogP contribution in [0.15, 0.2) is 35.5 Å². The largest absolute Gasteiger partial charge is 0.426 e. The van der Waals surface area contributed by atoms with Gasteiger partial charge in [-0.25, -0.2) is 0 Å². The van der Waals surface area contributed by atoms with Crippen molar-refractivity contribution < 1.29 is 41.7 Å². The van der Waals surface area contributed by atoms with E-state index in [-0.39, 0.29) is 42.4 Å². The van der Waals surface area contributed by atoms with Crippen molar-refractivity contribution in [3.05, 3.63) is 35.5 Å². The van der Waals surface area contributed by atoms with Crippen LogP contribution in [0, 0.1) is 23.2 Å². The maximum Gasteiger partial charge on any atom is 0.426 e. The minimum atomic E-state index is -5.77. The van der Waals surface area contributed by atoms with Gasteiger partial charge in [-0.1, -0.05) is 44.6 Å². The summed E-state index contributed by atoms with van der Waals surface area (Å²) in [7, 11) is 0. The minimum absolute atomic E-state index is 0.0770. The van der Waals surface area contributed by atoms with E-state index in [0.29, 0.717) is 12.0 Å². The second-order valence-electron chi connectivity index (χ2n) is 11.4. The van der Waals surface area contributed by atoms with Gasteiger partial charge in [0, 0.05) is 6.42 Å². The minimum Gasteiger partial charge on any atom is -0.393 e. The van der Waals surface area contributed by atoms with Gasteiger partial charge in [-0.05, 0) is 85.7 Å². The molecule has 0 heterocycles. The Labute approximate surface area is 209 Å². The first kappa shape index (κ1) is 29.2. The predicted molar refractivity (Wildman–Crippen MR) is 125 cm³/mol. The lowest BCUT2D eigenvalue weighted by atomic mass is 9.60. The van der Waals surface area contributed by atoms with Crippen molar-refractivity contribution >= 4 is 0 Å². The molecule has 0 saturated heterocycles. The first-order valence-electron chi connectivity index (χ1n) is 12.8. The van der Waals surface area contributed by atoms with E-state index < -0.39 is 36.6 Å². The SMILES string of the molecule is C=C1/C(=C\C=C2/CCC[C@]3(C)[C@@H]([C@@H](C)CCCC(O)(C(F)(F)F)C(F)(F)F)CC[C@@H]23)C[C@@H](O)C[C@@H]1O. The van der Waals surface area contributed by atoms with Gasteiger partial charge in [-0.3, -0.25) is 0 Å². The lowest BCUT2D eigenvalue weighted by Gasteiger charge is -2.44. The van der Waals surface area contributed by atoms with Crippen molar-refractivity contribution in [3.8, 4) is 0 Å². The summed E-state index contributed by atoms with van der Waals surface area (Å²) in [6, 6.07) is 0. The van der Waals surface area contributed by atoms with Gasteiger partial charge < -0.3 is 15.3 Å². The zero-order valence-corrected chi connectivity index (χ0v) is 20.9. The molecule has 0 aliphatic heterocycles. The van der Waals surface area contributed by atoms with Crippen LogP contribution < -0.4 is 0 Å². The summed E-state index contributed by atoms with van der Waals surface area (Å²) < 4.78 is 78.1. The van der Waals surface area contributed by atoms with Crippen LogP contribution in [0.2, 0.25) is 0 Å². The fourth-order valence-corrected chi connectivity index (χ4v) is 7.00. The van der Waals surface area contributed by atoms with E-state index in [1.165, 1.54) is 5.57 Å². The van der Waals surface area contributed by atoms with E-state index in [1.54, 1.807) is 0 Å². The molecule has 0 aromatic rings. The molecular formula is C27H38F6O3. The van der Waals surface area contributed by atoms with Crippen molar-refractivity contribution in [2.45, 2.75) is 108 Å². The molecule has 0 aromatic heterocycles. The van der Waals surface area contributed by atoms with Gasteiger partial charge >= 0.3 is 12.4 Å². The number of aliphatic hydroxyl groups is 3. The Kier molecular flexibility index (Phi) is 8.48. The molecule has 36 heavy (non-hydrogen) atoms. The number of fused-ring (bicyclic) bond motifs is 1. The number of rotatable bonds is 6. The van der Waals surface area contributed by atoms with E-state index in [9.17, 15) is 41.7 Å². The monoisotopic (exact) mass is 524 g/mol. The van der Waals surface area contributed by atoms with E-state index >= 15 is 0 Å². The van der Waals surface area contributed by atoms with E-state index in [2.05, 4.69) is 19.6 Å². The maximum absolute atomic E-state index is 13.0. The Morgan fingerprint density at radius 2 is 1.72 bits per heavy atom. The van der Waals surface area contributed by atoms with Gasteiger partial charge in [-0.2, -0.15) is 26.3 Å². The summed E-state index contributed by atoms with van der Waals surface area (Å²) in [6.07, 6.45) is -5.24. The molecule has 3 saturated carbocycles. The first-order chi connectivity index (χ1) is 16.5. The highest BCUT2D eigenvalue weighted by Gasteiger charge is 2.69. The zero-order chi connectivity index (χ0) is 27.1. The van der Waals surface area contributed by atoms with Crippen molar-refractivity contribution in [1.29, 1.82) is 0 Å². The molecule has 3 nitrogen and oxygen atoms in total. The molecule has 9 heteroatoms. The van der Waals surface area contributed by atoms with Crippen LogP contribution in [-0.4, -0.2) is 45.5 Å². The average molecular weight is 525 g/mol. The molecule has 0 unspecified atom stereocenters. The van der Waals surface area contributed by atoms with Gasteiger partial charge in [0.05, 0.1) is 12.2 Å². The first-order valence-corrected chi connectivity index (χ1v) is 12.8. The van der Waals surface area contributed by atoms with Crippen molar-refractivity contribution in [2.75, 3.05) is 0 Å². The molecule has 206 valence electrons. The molecule has 3 aliphatic carbocycles. The Balaban J connectivity index is 1.69. The lowest BCUT2D eigenvalue weighted by molar-refractivity contribution is -0.370. The third kappa shape index (κ3) is 5.58. The molecule has 3 fully saturated rings. The fraction of sp³-hybridized carbons (Fsp3) is 0.778. The average Bonchev–Trinajstić information content (AvgIpc) is 3.11. The van der Waals surface area contributed by atoms with Gasteiger partial charge in [0.25, 0.3) is 5.60 Å². The summed E-state index contributed by atoms with van der Waals surface area (Å²) in [4.78, 5) is 0. The number of allylic oxidation sites excluding steroid dienone is 3. The standard InChI is InChI=1S/C27H38F6O3/c1-16(6-4-13-25(36,26(28,29)30)27(31,32)33)21-10-11-22-18(7-5-12-24(21,22)3)8-9-19-14-20(34)15-23(35)17(19)2/h8-9,16,20-23,34-36H,2,4-7,10-15H2,1,3H3/b18-8+,19-9-/t16-,20+,21+,22-,23-,24+/m0/s1. The fourth-order valence-electron chi connectivity index (χ4n) is 7.00. The Morgan fingerprint density at radius 1 is 1.08 bits per heavy atom. The summed E-state index contributed by atoms with van der Waals surface area (Å²) in [5.74, 6) is 0.355. The highest BCUT2D eigenvalue weighted by atomic mass is 19.4. The summed E-state index contributed by atoms with van der Waals surface area (Å²) in [5.41, 5.74) is -2.08. The molecule has 0 aromatic carbocycles. The van der Waals surface area contributed by atoms with Crippen LogP contribution in [-0.2, 0) is 0 Å². The number of aliphatic hydroxyl groups excluding tert-OH is 2. The molecule has 3 N–H and O–H groups in total. The maximum atomic E-state index is 13.0. The second-order valence-corrected chi connectivity index (χ2v) is 11.4. The Bertz CT molecular complexity index is 860. The molecule has 0 bridgehead atoms. The van der Waals surface area contributed by atoms with Crippen LogP contribution in [0.3, 0.4) is 0 Å². The van der Waals surface area contributed by atoms with E-state index in [0.717, 1.165) is 37.7 Å². The molecular weight excluding hydrogens is 486 g/mol. The zero-order valence-electron chi connectivity index (χ0n) is 20.9. The molecule has 6 atom stereocenters. The van der Waals surface area contributed by atoms with Crippen LogP contribution >= 0.6 is 0 Å². The third-order valence-corrected chi connectivity index (χ3v) is 9.12. The van der Waals surface area contributed by atoms with Crippen molar-refractivity contribution in [2.24, 2.45) is 23.2 Å². The van der Waals surface area contributed by atoms with Gasteiger partial charge in [0.15, 0.2) is 0 Å². The molecule has 3 aliphatic rings. The van der Waals surface area contributed by atoms with E-state index in [4.69, 9.17) is 0 Å². The summed E-state index contributed by atoms with van der Waals surface area (Å²) >= 11 is 0. The van der Waals surface area contributed by atoms with E-state index in [1.807, 2.05) is 13.0 Å².